The smallest absolute Gasteiger partial charge is 0.381 e. The third-order valence-corrected chi connectivity index (χ3v) is 5.68. The first-order valence-electron chi connectivity index (χ1n) is 10.0. The van der Waals surface area contributed by atoms with Crippen LogP contribution in [-0.4, -0.2) is 48.2 Å². The zero-order valence-corrected chi connectivity index (χ0v) is 18.9. The van der Waals surface area contributed by atoms with Crippen molar-refractivity contribution in [2.45, 2.75) is 44.8 Å². The van der Waals surface area contributed by atoms with Crippen molar-refractivity contribution in [3.05, 3.63) is 34.5 Å². The zero-order valence-electron chi connectivity index (χ0n) is 18.1. The van der Waals surface area contributed by atoms with Gasteiger partial charge in [-0.2, -0.15) is 0 Å². The van der Waals surface area contributed by atoms with Gasteiger partial charge in [-0.3, -0.25) is 10.1 Å². The van der Waals surface area contributed by atoms with Crippen molar-refractivity contribution in [1.82, 2.24) is 10.2 Å². The number of hydrogen-bond donors (Lipinski definition) is 3. The van der Waals surface area contributed by atoms with Crippen LogP contribution in [0.2, 0.25) is 0 Å². The molecular weight excluding hydrogens is 436 g/mol. The summed E-state index contributed by atoms with van der Waals surface area (Å²) in [5, 5.41) is 14.2. The molecule has 1 fully saturated rings. The number of aromatic nitrogens is 2. The number of nitrogens with one attached hydrogen (secondary N) is 2. The number of rotatable bonds is 8. The standard InChI is InChI=1S/C20H26N6O5S/c1-11(8-9-21)22-19-25-26-20(32-19)24-17(27)15-10-14(16(30-3)18(28)31-15)23-12-4-6-13(29-2)7-5-12/h8-10,12-13,23H,4-7,21H2,1-3H3,(H,24,26,27). The minimum absolute atomic E-state index is 0.0198. The Labute approximate surface area is 188 Å². The molecule has 0 aromatic carbocycles. The Kier molecular flexibility index (Phi) is 7.95. The molecule has 12 heteroatoms. The van der Waals surface area contributed by atoms with Gasteiger partial charge in [0.15, 0.2) is 5.76 Å². The molecule has 3 rings (SSSR count). The quantitative estimate of drug-likeness (QED) is 0.502. The fraction of sp³-hybridized carbons (Fsp3) is 0.450. The molecule has 1 aliphatic carbocycles. The molecule has 1 amide bonds. The lowest BCUT2D eigenvalue weighted by Gasteiger charge is -2.29. The molecule has 11 nitrogen and oxygen atoms in total. The highest BCUT2D eigenvalue weighted by molar-refractivity contribution is 7.18. The van der Waals surface area contributed by atoms with Crippen molar-refractivity contribution < 1.29 is 18.7 Å². The van der Waals surface area contributed by atoms with Crippen LogP contribution in [0.5, 0.6) is 5.75 Å². The summed E-state index contributed by atoms with van der Waals surface area (Å²) in [6.45, 7) is 1.76. The molecule has 0 radical (unpaired) electrons. The molecule has 0 saturated heterocycles. The first-order chi connectivity index (χ1) is 15.4. The number of nitrogens with two attached hydrogens (primary N) is 1. The number of aliphatic imine (C=N–C) groups is 1. The van der Waals surface area contributed by atoms with Gasteiger partial charge < -0.3 is 24.9 Å². The van der Waals surface area contributed by atoms with Gasteiger partial charge in [0.25, 0.3) is 5.91 Å². The fourth-order valence-electron chi connectivity index (χ4n) is 3.35. The predicted octanol–water partition coefficient (Wildman–Crippen LogP) is 2.69. The van der Waals surface area contributed by atoms with Gasteiger partial charge in [0, 0.05) is 24.9 Å². The zero-order chi connectivity index (χ0) is 23.1. The summed E-state index contributed by atoms with van der Waals surface area (Å²) < 4.78 is 15.8. The van der Waals surface area contributed by atoms with E-state index in [1.165, 1.54) is 19.4 Å². The van der Waals surface area contributed by atoms with Crippen LogP contribution in [-0.2, 0) is 4.74 Å². The molecule has 1 aliphatic rings. The number of allylic oxidation sites excluding steroid dienone is 1. The van der Waals surface area contributed by atoms with E-state index < -0.39 is 11.5 Å². The average molecular weight is 463 g/mol. The highest BCUT2D eigenvalue weighted by Crippen LogP contribution is 2.29. The van der Waals surface area contributed by atoms with Crippen molar-refractivity contribution in [1.29, 1.82) is 0 Å². The first kappa shape index (κ1) is 23.4. The molecule has 2 aromatic heterocycles. The van der Waals surface area contributed by atoms with Crippen LogP contribution in [0.25, 0.3) is 0 Å². The van der Waals surface area contributed by atoms with E-state index in [0.717, 1.165) is 37.0 Å². The molecule has 172 valence electrons. The summed E-state index contributed by atoms with van der Waals surface area (Å²) in [5.41, 5.74) is 5.62. The van der Waals surface area contributed by atoms with Crippen molar-refractivity contribution >= 4 is 38.9 Å². The minimum atomic E-state index is -0.750. The molecule has 1 saturated carbocycles. The fourth-order valence-corrected chi connectivity index (χ4v) is 4.02. The van der Waals surface area contributed by atoms with E-state index in [0.29, 0.717) is 16.5 Å². The average Bonchev–Trinajstić information content (AvgIpc) is 3.20. The summed E-state index contributed by atoms with van der Waals surface area (Å²) >= 11 is 1.07. The molecule has 0 unspecified atom stereocenters. The Morgan fingerprint density at radius 1 is 1.31 bits per heavy atom. The van der Waals surface area contributed by atoms with Crippen molar-refractivity contribution in [2.24, 2.45) is 10.7 Å². The summed E-state index contributed by atoms with van der Waals surface area (Å²) in [4.78, 5) is 29.3. The van der Waals surface area contributed by atoms with E-state index in [9.17, 15) is 9.59 Å². The second-order valence-electron chi connectivity index (χ2n) is 7.15. The highest BCUT2D eigenvalue weighted by atomic mass is 32.1. The van der Waals surface area contributed by atoms with Gasteiger partial charge in [0.2, 0.25) is 16.0 Å². The van der Waals surface area contributed by atoms with Crippen molar-refractivity contribution in [3.63, 3.8) is 0 Å². The van der Waals surface area contributed by atoms with E-state index >= 15 is 0 Å². The van der Waals surface area contributed by atoms with E-state index in [-0.39, 0.29) is 28.8 Å². The lowest BCUT2D eigenvalue weighted by atomic mass is 9.93. The lowest BCUT2D eigenvalue weighted by molar-refractivity contribution is 0.0681. The Morgan fingerprint density at radius 3 is 2.72 bits per heavy atom. The number of carbonyl (C=O) groups is 1. The molecule has 0 spiro atoms. The lowest BCUT2D eigenvalue weighted by Crippen LogP contribution is -2.30. The summed E-state index contributed by atoms with van der Waals surface area (Å²) in [5.74, 6) is -0.793. The van der Waals surface area contributed by atoms with Gasteiger partial charge >= 0.3 is 5.63 Å². The van der Waals surface area contributed by atoms with Gasteiger partial charge in [-0.25, -0.2) is 9.79 Å². The molecule has 2 heterocycles. The summed E-state index contributed by atoms with van der Waals surface area (Å²) in [7, 11) is 3.09. The van der Waals surface area contributed by atoms with Crippen LogP contribution in [0.4, 0.5) is 16.0 Å². The minimum Gasteiger partial charge on any atom is -0.488 e. The Morgan fingerprint density at radius 2 is 2.06 bits per heavy atom. The van der Waals surface area contributed by atoms with Crippen LogP contribution in [0, 0.1) is 0 Å². The number of methoxy groups -OCH3 is 2. The first-order valence-corrected chi connectivity index (χ1v) is 10.8. The molecule has 0 atom stereocenters. The van der Waals surface area contributed by atoms with Crippen LogP contribution >= 0.6 is 11.3 Å². The third-order valence-electron chi connectivity index (χ3n) is 4.95. The number of hydrogen-bond acceptors (Lipinski definition) is 11. The maximum absolute atomic E-state index is 12.7. The molecule has 32 heavy (non-hydrogen) atoms. The van der Waals surface area contributed by atoms with Crippen molar-refractivity contribution in [3.8, 4) is 5.75 Å². The van der Waals surface area contributed by atoms with Crippen LogP contribution < -0.4 is 26.7 Å². The molecule has 4 N–H and O–H groups in total. The number of anilines is 2. The van der Waals surface area contributed by atoms with E-state index in [2.05, 4.69) is 25.8 Å². The van der Waals surface area contributed by atoms with Crippen LogP contribution in [0.3, 0.4) is 0 Å². The van der Waals surface area contributed by atoms with Crippen LogP contribution in [0.15, 0.2) is 32.5 Å². The van der Waals surface area contributed by atoms with E-state index in [4.69, 9.17) is 19.6 Å². The van der Waals surface area contributed by atoms with Crippen molar-refractivity contribution in [2.75, 3.05) is 24.9 Å². The van der Waals surface area contributed by atoms with Crippen LogP contribution in [0.1, 0.15) is 43.2 Å². The van der Waals surface area contributed by atoms with Gasteiger partial charge in [-0.15, -0.1) is 10.2 Å². The Hall–Kier alpha value is -3.25. The predicted molar refractivity (Wildman–Crippen MR) is 122 cm³/mol. The number of nitrogens with zero attached hydrogens (tertiary/aromatic N) is 3. The number of ether oxygens (including phenoxy) is 2. The maximum Gasteiger partial charge on any atom is 0.381 e. The second-order valence-corrected chi connectivity index (χ2v) is 8.11. The van der Waals surface area contributed by atoms with Gasteiger partial charge in [0.1, 0.15) is 0 Å². The van der Waals surface area contributed by atoms with E-state index in [1.807, 2.05) is 0 Å². The molecule has 2 aromatic rings. The molecule has 0 aliphatic heterocycles. The maximum atomic E-state index is 12.7. The number of carbonyl (C=O) groups excluding carboxylic acids is 1. The Balaban J connectivity index is 1.75. The SMILES string of the molecule is COc1c(NC2CCC(OC)CC2)cc(C(=O)Nc2nnc(N=C(C)C=CN)s2)oc1=O. The normalized spacial score (nSPS) is 19.2. The largest absolute Gasteiger partial charge is 0.488 e. The monoisotopic (exact) mass is 462 g/mol. The number of amides is 1. The molecular formula is C20H26N6O5S. The summed E-state index contributed by atoms with van der Waals surface area (Å²) in [6, 6.07) is 1.58. The Bertz CT molecular complexity index is 1050. The molecule has 0 bridgehead atoms. The topological polar surface area (TPSA) is 154 Å². The van der Waals surface area contributed by atoms with Gasteiger partial charge in [-0.1, -0.05) is 11.3 Å². The second kappa shape index (κ2) is 10.9. The highest BCUT2D eigenvalue weighted by Gasteiger charge is 2.24. The van der Waals surface area contributed by atoms with Gasteiger partial charge in [-0.05, 0) is 44.9 Å². The van der Waals surface area contributed by atoms with E-state index in [1.54, 1.807) is 20.1 Å². The summed E-state index contributed by atoms with van der Waals surface area (Å²) in [6.07, 6.45) is 6.78. The van der Waals surface area contributed by atoms with Gasteiger partial charge in [0.05, 0.1) is 18.9 Å². The third kappa shape index (κ3) is 5.92.